The minimum absolute atomic E-state index is 0. The Morgan fingerprint density at radius 2 is 1.86 bits per heavy atom. The van der Waals surface area contributed by atoms with Crippen molar-refractivity contribution in [1.29, 1.82) is 0 Å². The summed E-state index contributed by atoms with van der Waals surface area (Å²) in [5.41, 5.74) is 5.49. The van der Waals surface area contributed by atoms with Crippen molar-refractivity contribution in [3.8, 4) is 0 Å². The van der Waals surface area contributed by atoms with Crippen LogP contribution < -0.4 is 11.1 Å². The van der Waals surface area contributed by atoms with Crippen LogP contribution in [-0.4, -0.2) is 55.7 Å². The van der Waals surface area contributed by atoms with E-state index in [4.69, 9.17) is 10.5 Å². The van der Waals surface area contributed by atoms with Gasteiger partial charge >= 0.3 is 0 Å². The fraction of sp³-hybridized carbons (Fsp3) is 0.929. The zero-order valence-electron chi connectivity index (χ0n) is 13.0. The Morgan fingerprint density at radius 1 is 1.24 bits per heavy atom. The maximum Gasteiger partial charge on any atom is 0.240 e. The zero-order valence-corrected chi connectivity index (χ0v) is 14.6. The molecule has 0 spiro atoms. The summed E-state index contributed by atoms with van der Waals surface area (Å²) in [4.78, 5) is 14.6. The molecule has 0 aromatic carbocycles. The highest BCUT2D eigenvalue weighted by atomic mass is 35.5. The van der Waals surface area contributed by atoms with Gasteiger partial charge in [-0.3, -0.25) is 4.79 Å². The molecule has 1 heterocycles. The molecule has 21 heavy (non-hydrogen) atoms. The summed E-state index contributed by atoms with van der Waals surface area (Å²) >= 11 is 0. The second kappa shape index (κ2) is 9.16. The first-order valence-corrected chi connectivity index (χ1v) is 7.35. The van der Waals surface area contributed by atoms with Crippen LogP contribution in [0.3, 0.4) is 0 Å². The van der Waals surface area contributed by atoms with Crippen molar-refractivity contribution >= 4 is 30.7 Å². The maximum atomic E-state index is 12.4. The van der Waals surface area contributed by atoms with Gasteiger partial charge in [0.05, 0.1) is 5.54 Å². The van der Waals surface area contributed by atoms with Gasteiger partial charge in [0, 0.05) is 25.3 Å². The van der Waals surface area contributed by atoms with Crippen molar-refractivity contribution in [1.82, 2.24) is 10.2 Å². The maximum absolute atomic E-state index is 12.4. The number of halogens is 2. The van der Waals surface area contributed by atoms with E-state index in [0.29, 0.717) is 32.1 Å². The van der Waals surface area contributed by atoms with Crippen LogP contribution >= 0.6 is 24.8 Å². The number of nitrogens with zero attached hydrogens (tertiary/aromatic N) is 1. The summed E-state index contributed by atoms with van der Waals surface area (Å²) in [6, 6.07) is 0.847. The van der Waals surface area contributed by atoms with E-state index >= 15 is 0 Å². The minimum Gasteiger partial charge on any atom is -0.381 e. The van der Waals surface area contributed by atoms with E-state index in [2.05, 4.69) is 24.3 Å². The molecule has 1 amide bonds. The molecule has 2 atom stereocenters. The van der Waals surface area contributed by atoms with Gasteiger partial charge in [0.1, 0.15) is 0 Å². The molecular formula is C14H29Cl2N3O2. The Bertz CT molecular complexity index is 323. The van der Waals surface area contributed by atoms with Crippen molar-refractivity contribution in [3.63, 3.8) is 0 Å². The molecule has 2 rings (SSSR count). The van der Waals surface area contributed by atoms with Gasteiger partial charge in [-0.1, -0.05) is 0 Å². The van der Waals surface area contributed by atoms with Crippen LogP contribution in [0, 0.1) is 0 Å². The highest BCUT2D eigenvalue weighted by Gasteiger charge is 2.37. The van der Waals surface area contributed by atoms with Crippen LogP contribution in [0.2, 0.25) is 0 Å². The van der Waals surface area contributed by atoms with Crippen molar-refractivity contribution in [2.24, 2.45) is 5.73 Å². The predicted octanol–water partition coefficient (Wildman–Crippen LogP) is 1.33. The van der Waals surface area contributed by atoms with E-state index in [1.807, 2.05) is 0 Å². The zero-order chi connectivity index (χ0) is 13.9. The Hall–Kier alpha value is -0.0700. The van der Waals surface area contributed by atoms with E-state index in [0.717, 1.165) is 12.8 Å². The Labute approximate surface area is 140 Å². The molecule has 3 N–H and O–H groups in total. The van der Waals surface area contributed by atoms with Crippen LogP contribution in [0.5, 0.6) is 0 Å². The van der Waals surface area contributed by atoms with E-state index in [1.165, 1.54) is 12.8 Å². The number of rotatable bonds is 3. The highest BCUT2D eigenvalue weighted by molar-refractivity contribution is 5.86. The molecule has 2 aliphatic rings. The van der Waals surface area contributed by atoms with Crippen LogP contribution in [0.25, 0.3) is 0 Å². The lowest BCUT2D eigenvalue weighted by Gasteiger charge is -2.37. The molecule has 2 fully saturated rings. The molecular weight excluding hydrogens is 313 g/mol. The van der Waals surface area contributed by atoms with Crippen molar-refractivity contribution in [3.05, 3.63) is 0 Å². The third-order valence-electron chi connectivity index (χ3n) is 4.55. The van der Waals surface area contributed by atoms with Gasteiger partial charge in [-0.2, -0.15) is 0 Å². The number of hydrogen-bond donors (Lipinski definition) is 2. The van der Waals surface area contributed by atoms with Gasteiger partial charge < -0.3 is 20.7 Å². The van der Waals surface area contributed by atoms with E-state index in [9.17, 15) is 4.79 Å². The topological polar surface area (TPSA) is 67.6 Å². The summed E-state index contributed by atoms with van der Waals surface area (Å²) in [6.07, 6.45) is 5.76. The average Bonchev–Trinajstić information content (AvgIpc) is 2.40. The third-order valence-corrected chi connectivity index (χ3v) is 4.55. The number of nitrogens with two attached hydrogens (primary N) is 1. The summed E-state index contributed by atoms with van der Waals surface area (Å²) < 4.78 is 5.29. The van der Waals surface area contributed by atoms with Crippen LogP contribution in [0.4, 0.5) is 0 Å². The first-order valence-electron chi connectivity index (χ1n) is 7.35. The molecule has 0 bridgehead atoms. The number of amides is 1. The Morgan fingerprint density at radius 3 is 2.43 bits per heavy atom. The van der Waals surface area contributed by atoms with Gasteiger partial charge in [0.25, 0.3) is 0 Å². The van der Waals surface area contributed by atoms with Crippen molar-refractivity contribution < 1.29 is 9.53 Å². The first-order chi connectivity index (χ1) is 9.01. The second-order valence-corrected chi connectivity index (χ2v) is 6.22. The van der Waals surface area contributed by atoms with Crippen LogP contribution in [-0.2, 0) is 9.53 Å². The lowest BCUT2D eigenvalue weighted by Crippen LogP contribution is -2.59. The lowest BCUT2D eigenvalue weighted by molar-refractivity contribution is -0.130. The summed E-state index contributed by atoms with van der Waals surface area (Å²) in [7, 11) is 4.22. The summed E-state index contributed by atoms with van der Waals surface area (Å²) in [5.74, 6) is 0.0141. The number of hydrogen-bond acceptors (Lipinski definition) is 4. The molecule has 5 nitrogen and oxygen atoms in total. The molecule has 2 unspecified atom stereocenters. The van der Waals surface area contributed by atoms with Gasteiger partial charge in [-0.05, 0) is 52.6 Å². The van der Waals surface area contributed by atoms with Crippen LogP contribution in [0.1, 0.15) is 38.5 Å². The van der Waals surface area contributed by atoms with Crippen LogP contribution in [0.15, 0.2) is 0 Å². The molecule has 1 aliphatic heterocycles. The van der Waals surface area contributed by atoms with Crippen molar-refractivity contribution in [2.45, 2.75) is 56.1 Å². The Kier molecular flexibility index (Phi) is 9.12. The van der Waals surface area contributed by atoms with Gasteiger partial charge in [-0.25, -0.2) is 0 Å². The number of carbonyl (C=O) groups excluding carboxylic acids is 1. The fourth-order valence-electron chi connectivity index (χ4n) is 3.06. The molecule has 0 aromatic rings. The fourth-order valence-corrected chi connectivity index (χ4v) is 3.06. The van der Waals surface area contributed by atoms with Crippen molar-refractivity contribution in [2.75, 3.05) is 27.3 Å². The summed E-state index contributed by atoms with van der Waals surface area (Å²) in [6.45, 7) is 1.18. The molecule has 1 saturated heterocycles. The highest BCUT2D eigenvalue weighted by Crippen LogP contribution is 2.23. The predicted molar refractivity (Wildman–Crippen MR) is 89.3 cm³/mol. The molecule has 7 heteroatoms. The largest absolute Gasteiger partial charge is 0.381 e. The number of nitrogens with one attached hydrogen (secondary N) is 1. The monoisotopic (exact) mass is 341 g/mol. The minimum atomic E-state index is -0.719. The molecule has 1 saturated carbocycles. The molecule has 0 radical (unpaired) electrons. The SMILES string of the molecule is CN(C)C1CCCC(NC(=O)C2(N)CCOCC2)C1.Cl.Cl. The van der Waals surface area contributed by atoms with E-state index < -0.39 is 5.54 Å². The normalized spacial score (nSPS) is 28.2. The van der Waals surface area contributed by atoms with Gasteiger partial charge in [-0.15, -0.1) is 24.8 Å². The van der Waals surface area contributed by atoms with E-state index in [-0.39, 0.29) is 36.8 Å². The quantitative estimate of drug-likeness (QED) is 0.812. The molecule has 0 aromatic heterocycles. The first kappa shape index (κ1) is 20.9. The molecule has 126 valence electrons. The smallest absolute Gasteiger partial charge is 0.240 e. The summed E-state index contributed by atoms with van der Waals surface area (Å²) in [5, 5.41) is 3.17. The Balaban J connectivity index is 0.00000200. The standard InChI is InChI=1S/C14H27N3O2.2ClH/c1-17(2)12-5-3-4-11(10-12)16-13(18)14(15)6-8-19-9-7-14;;/h11-12H,3-10,15H2,1-2H3,(H,16,18);2*1H. The second-order valence-electron chi connectivity index (χ2n) is 6.22. The molecule has 1 aliphatic carbocycles. The number of ether oxygens (including phenoxy) is 1. The average molecular weight is 342 g/mol. The van der Waals surface area contributed by atoms with E-state index in [1.54, 1.807) is 0 Å². The lowest BCUT2D eigenvalue weighted by atomic mass is 9.87. The van der Waals surface area contributed by atoms with Gasteiger partial charge in [0.2, 0.25) is 5.91 Å². The number of carbonyl (C=O) groups is 1. The third kappa shape index (κ3) is 5.57. The van der Waals surface area contributed by atoms with Gasteiger partial charge in [0.15, 0.2) is 0 Å².